The van der Waals surface area contributed by atoms with Gasteiger partial charge in [-0.05, 0) is 47.7 Å². The van der Waals surface area contributed by atoms with Crippen molar-refractivity contribution in [2.24, 2.45) is 0 Å². The molecule has 0 aliphatic heterocycles. The Labute approximate surface area is 325 Å². The predicted octanol–water partition coefficient (Wildman–Crippen LogP) is 10.3. The van der Waals surface area contributed by atoms with Crippen LogP contribution in [0, 0.1) is 0 Å². The normalized spacial score (nSPS) is 15.5. The van der Waals surface area contributed by atoms with Gasteiger partial charge in [0.15, 0.2) is 0 Å². The van der Waals surface area contributed by atoms with Crippen LogP contribution < -0.4 is 31.8 Å². The summed E-state index contributed by atoms with van der Waals surface area (Å²) in [5, 5.41) is 19.2. The molecule has 2 atom stereocenters. The van der Waals surface area contributed by atoms with Gasteiger partial charge in [-0.15, -0.1) is 13.1 Å². The van der Waals surface area contributed by atoms with Crippen LogP contribution in [0.2, 0.25) is 0 Å². The standard InChI is InChI=1S/C44H42N2P2.2ClH.Zr/c1-5-21-37(22-6-1)47(38-23-7-2-8-24-38)43-31-17-13-19-35(43)33-45-41-29-15-16-30-42(41)46-34-36-20-14-18-32-44(36)48(39-25-9-3-10-26-39)40-27-11-4-12-28-40;;;/h1-14,17-28,31-32,41-42H,15-16,29-30,33-34H2;2*1H;/q-2;;;+4/p-2/t41-,42-;;;/m1.../s1. The first-order valence-electron chi connectivity index (χ1n) is 17.5. The zero-order valence-corrected chi connectivity index (χ0v) is 34.4. The molecule has 0 radical (unpaired) electrons. The molecule has 7 heteroatoms. The third-order valence-electron chi connectivity index (χ3n) is 9.21. The van der Waals surface area contributed by atoms with Crippen LogP contribution in [0.3, 0.4) is 0 Å². The summed E-state index contributed by atoms with van der Waals surface area (Å²) in [6, 6.07) is 62.5. The number of rotatable bonds is 12. The molecular formula is C44H42Cl2N2P2Zr. The largest absolute Gasteiger partial charge is 0.657 e. The second-order valence-corrected chi connectivity index (χ2v) is 20.5. The molecule has 0 N–H and O–H groups in total. The molecule has 0 aromatic heterocycles. The molecule has 0 amide bonds. The Kier molecular flexibility index (Phi) is 15.6. The van der Waals surface area contributed by atoms with Crippen molar-refractivity contribution >= 4 is 64.7 Å². The van der Waals surface area contributed by atoms with Gasteiger partial charge in [0, 0.05) is 0 Å². The number of halogens is 2. The van der Waals surface area contributed by atoms with Crippen LogP contribution in [-0.2, 0) is 33.9 Å². The van der Waals surface area contributed by atoms with Crippen molar-refractivity contribution in [1.29, 1.82) is 0 Å². The van der Waals surface area contributed by atoms with Crippen molar-refractivity contribution in [2.75, 3.05) is 0 Å². The smallest absolute Gasteiger partial charge is 0.0132 e. The first kappa shape index (κ1) is 38.3. The monoisotopic (exact) mass is 820 g/mol. The minimum Gasteiger partial charge on any atom is -0.657 e. The maximum Gasteiger partial charge on any atom is -0.0132 e. The molecule has 0 unspecified atom stereocenters. The average molecular weight is 823 g/mol. The van der Waals surface area contributed by atoms with Crippen molar-refractivity contribution in [3.05, 3.63) is 192 Å². The first-order chi connectivity index (χ1) is 25.3. The molecule has 0 spiro atoms. The van der Waals surface area contributed by atoms with E-state index in [0.29, 0.717) is 0 Å². The summed E-state index contributed by atoms with van der Waals surface area (Å²) in [6.07, 6.45) is 4.69. The van der Waals surface area contributed by atoms with Gasteiger partial charge in [-0.25, -0.2) is 0 Å². The maximum atomic E-state index is 5.45. The number of nitrogens with zero attached hydrogens (tertiary/aromatic N) is 2. The van der Waals surface area contributed by atoms with Crippen LogP contribution in [-0.4, -0.2) is 12.1 Å². The van der Waals surface area contributed by atoms with Crippen LogP contribution in [0.1, 0.15) is 36.8 Å². The SMILES string of the molecule is [Cl][Zr+2][Cl].c1ccc(P(c2ccccc2)c2ccccc2C[N-][C@@H]2CCCC[C@H]2[N-]Cc2ccccc2P(c2ccccc2)c2ccccc2)cc1. The van der Waals surface area contributed by atoms with E-state index in [0.717, 1.165) is 25.9 Å². The number of hydrogen-bond donors (Lipinski definition) is 0. The molecule has 7 rings (SSSR count). The van der Waals surface area contributed by atoms with Crippen LogP contribution in [0.15, 0.2) is 170 Å². The molecule has 2 nitrogen and oxygen atoms in total. The van der Waals surface area contributed by atoms with E-state index in [1.54, 1.807) is 0 Å². The zero-order chi connectivity index (χ0) is 35.1. The summed E-state index contributed by atoms with van der Waals surface area (Å²) >= 11 is -0.826. The van der Waals surface area contributed by atoms with Crippen molar-refractivity contribution in [3.63, 3.8) is 0 Å². The van der Waals surface area contributed by atoms with Crippen LogP contribution >= 0.6 is 32.9 Å². The molecule has 6 aromatic carbocycles. The molecule has 1 fully saturated rings. The van der Waals surface area contributed by atoms with E-state index in [-0.39, 0.29) is 12.1 Å². The van der Waals surface area contributed by atoms with E-state index in [1.165, 1.54) is 55.8 Å². The molecular weight excluding hydrogens is 781 g/mol. The topological polar surface area (TPSA) is 28.2 Å². The third kappa shape index (κ3) is 10.6. The molecule has 51 heavy (non-hydrogen) atoms. The van der Waals surface area contributed by atoms with Crippen molar-refractivity contribution in [2.45, 2.75) is 50.9 Å². The van der Waals surface area contributed by atoms with Gasteiger partial charge in [-0.2, -0.15) is 12.1 Å². The Balaban J connectivity index is 0.00000144. The fraction of sp³-hybridized carbons (Fsp3) is 0.182. The molecule has 256 valence electrons. The average Bonchev–Trinajstić information content (AvgIpc) is 3.20. The minimum atomic E-state index is -0.826. The van der Waals surface area contributed by atoms with Crippen molar-refractivity contribution < 1.29 is 20.8 Å². The van der Waals surface area contributed by atoms with Crippen molar-refractivity contribution in [1.82, 2.24) is 0 Å². The molecule has 6 aromatic rings. The Morgan fingerprint density at radius 1 is 0.431 bits per heavy atom. The fourth-order valence-electron chi connectivity index (χ4n) is 6.84. The summed E-state index contributed by atoms with van der Waals surface area (Å²) < 4.78 is 0. The van der Waals surface area contributed by atoms with Gasteiger partial charge >= 0.3 is 37.9 Å². The molecule has 1 aliphatic carbocycles. The molecule has 0 heterocycles. The van der Waals surface area contributed by atoms with Gasteiger partial charge in [-0.1, -0.05) is 207 Å². The van der Waals surface area contributed by atoms with Gasteiger partial charge in [-0.3, -0.25) is 0 Å². The zero-order valence-electron chi connectivity index (χ0n) is 28.6. The van der Waals surface area contributed by atoms with Gasteiger partial charge < -0.3 is 10.6 Å². The van der Waals surface area contributed by atoms with E-state index >= 15 is 0 Å². The Hall–Kier alpha value is -2.44. The fourth-order valence-corrected chi connectivity index (χ4v) is 11.8. The van der Waals surface area contributed by atoms with Crippen LogP contribution in [0.25, 0.3) is 10.6 Å². The number of hydrogen-bond acceptors (Lipinski definition) is 0. The van der Waals surface area contributed by atoms with E-state index in [9.17, 15) is 0 Å². The van der Waals surface area contributed by atoms with Gasteiger partial charge in [0.25, 0.3) is 0 Å². The van der Waals surface area contributed by atoms with Crippen LogP contribution in [0.4, 0.5) is 0 Å². The second kappa shape index (κ2) is 20.7. The van der Waals surface area contributed by atoms with E-state index < -0.39 is 36.7 Å². The van der Waals surface area contributed by atoms with Gasteiger partial charge in [0.2, 0.25) is 0 Å². The maximum absolute atomic E-state index is 5.45. The summed E-state index contributed by atoms with van der Waals surface area (Å²) in [7, 11) is 8.52. The van der Waals surface area contributed by atoms with Crippen molar-refractivity contribution in [3.8, 4) is 0 Å². The number of benzene rings is 6. The van der Waals surface area contributed by atoms with Crippen LogP contribution in [0.5, 0.6) is 0 Å². The summed E-state index contributed by atoms with van der Waals surface area (Å²) in [5.74, 6) is 0. The summed E-state index contributed by atoms with van der Waals surface area (Å²) in [4.78, 5) is 0. The predicted molar refractivity (Wildman–Crippen MR) is 222 cm³/mol. The van der Waals surface area contributed by atoms with Gasteiger partial charge in [0.05, 0.1) is 0 Å². The Morgan fingerprint density at radius 3 is 1.02 bits per heavy atom. The second-order valence-electron chi connectivity index (χ2n) is 12.4. The van der Waals surface area contributed by atoms with E-state index in [1.807, 2.05) is 0 Å². The molecule has 1 aliphatic rings. The quantitative estimate of drug-likeness (QED) is 0.110. The molecule has 1 saturated carbocycles. The van der Waals surface area contributed by atoms with Gasteiger partial charge in [0.1, 0.15) is 0 Å². The first-order valence-corrected chi connectivity index (χ1v) is 26.5. The third-order valence-corrected chi connectivity index (χ3v) is 14.3. The molecule has 0 bridgehead atoms. The Morgan fingerprint density at radius 2 is 0.706 bits per heavy atom. The Bertz CT molecular complexity index is 1670. The summed E-state index contributed by atoms with van der Waals surface area (Å²) in [6.45, 7) is 1.46. The molecule has 0 saturated heterocycles. The van der Waals surface area contributed by atoms with E-state index in [2.05, 4.69) is 170 Å². The summed E-state index contributed by atoms with van der Waals surface area (Å²) in [5.41, 5.74) is 2.67. The van der Waals surface area contributed by atoms with E-state index in [4.69, 9.17) is 27.7 Å². The minimum absolute atomic E-state index is 0.253.